The van der Waals surface area contributed by atoms with Crippen molar-refractivity contribution in [1.82, 2.24) is 4.72 Å². The molecule has 0 aliphatic rings. The van der Waals surface area contributed by atoms with E-state index in [-0.39, 0.29) is 16.9 Å². The van der Waals surface area contributed by atoms with Crippen LogP contribution in [0.15, 0.2) is 48.5 Å². The van der Waals surface area contributed by atoms with Crippen LogP contribution in [-0.4, -0.2) is 26.4 Å². The van der Waals surface area contributed by atoms with Gasteiger partial charge in [-0.2, -0.15) is 8.42 Å². The summed E-state index contributed by atoms with van der Waals surface area (Å²) in [5, 5.41) is 10.5. The smallest absolute Gasteiger partial charge is 0.323 e. The van der Waals surface area contributed by atoms with Crippen LogP contribution in [0.3, 0.4) is 0 Å². The highest BCUT2D eigenvalue weighted by molar-refractivity contribution is 7.91. The molecule has 1 amide bonds. The van der Waals surface area contributed by atoms with Gasteiger partial charge >= 0.3 is 10.2 Å². The van der Waals surface area contributed by atoms with E-state index in [4.69, 9.17) is 4.74 Å². The molecule has 0 atom stereocenters. The number of methoxy groups -OCH3 is 1. The Balaban J connectivity index is 2.07. The lowest BCUT2D eigenvalue weighted by molar-refractivity contribution is -0.384. The molecular formula is C14H13N3O6S. The minimum Gasteiger partial charge on any atom is -0.497 e. The van der Waals surface area contributed by atoms with Gasteiger partial charge in [0.15, 0.2) is 0 Å². The van der Waals surface area contributed by atoms with Crippen LogP contribution >= 0.6 is 0 Å². The highest BCUT2D eigenvalue weighted by Gasteiger charge is 2.17. The number of ether oxygens (including phenoxy) is 1. The van der Waals surface area contributed by atoms with E-state index in [9.17, 15) is 23.3 Å². The van der Waals surface area contributed by atoms with E-state index in [1.807, 2.05) is 4.72 Å². The number of nitro benzene ring substituents is 1. The second-order valence-corrected chi connectivity index (χ2v) is 5.98. The van der Waals surface area contributed by atoms with Crippen molar-refractivity contribution < 1.29 is 22.9 Å². The molecule has 0 fully saturated rings. The molecule has 2 N–H and O–H groups in total. The minimum absolute atomic E-state index is 0.0271. The predicted octanol–water partition coefficient (Wildman–Crippen LogP) is 1.69. The van der Waals surface area contributed by atoms with E-state index in [1.54, 1.807) is 12.1 Å². The molecule has 2 aromatic carbocycles. The van der Waals surface area contributed by atoms with Crippen molar-refractivity contribution in [2.24, 2.45) is 0 Å². The van der Waals surface area contributed by atoms with Crippen LogP contribution in [0.5, 0.6) is 5.75 Å². The molecule has 0 bridgehead atoms. The van der Waals surface area contributed by atoms with Crippen LogP contribution < -0.4 is 14.2 Å². The Labute approximate surface area is 137 Å². The van der Waals surface area contributed by atoms with Gasteiger partial charge in [0.2, 0.25) is 0 Å². The standard InChI is InChI=1S/C14H13N3O6S/c1-23-13-8-4-11(5-9-13)15-24(21,22)16-14(18)10-2-6-12(7-3-10)17(19)20/h2-9,15H,1H3,(H,16,18). The molecule has 0 aliphatic heterocycles. The number of amides is 1. The predicted molar refractivity (Wildman–Crippen MR) is 86.1 cm³/mol. The first-order valence-electron chi connectivity index (χ1n) is 6.54. The highest BCUT2D eigenvalue weighted by atomic mass is 32.2. The lowest BCUT2D eigenvalue weighted by Crippen LogP contribution is -2.35. The molecule has 0 aliphatic carbocycles. The van der Waals surface area contributed by atoms with E-state index in [0.29, 0.717) is 5.75 Å². The maximum absolute atomic E-state index is 11.9. The zero-order chi connectivity index (χ0) is 17.7. The maximum Gasteiger partial charge on any atom is 0.323 e. The van der Waals surface area contributed by atoms with Gasteiger partial charge in [0.05, 0.1) is 17.7 Å². The molecule has 2 aromatic rings. The van der Waals surface area contributed by atoms with Crippen molar-refractivity contribution in [3.05, 3.63) is 64.2 Å². The number of benzene rings is 2. The van der Waals surface area contributed by atoms with Gasteiger partial charge in [-0.25, -0.2) is 4.72 Å². The lowest BCUT2D eigenvalue weighted by atomic mass is 10.2. The van der Waals surface area contributed by atoms with Crippen LogP contribution in [0.25, 0.3) is 0 Å². The van der Waals surface area contributed by atoms with Gasteiger partial charge in [0.1, 0.15) is 5.75 Å². The van der Waals surface area contributed by atoms with E-state index < -0.39 is 21.0 Å². The van der Waals surface area contributed by atoms with Gasteiger partial charge in [-0.15, -0.1) is 0 Å². The summed E-state index contributed by atoms with van der Waals surface area (Å²) in [6, 6.07) is 10.6. The maximum atomic E-state index is 11.9. The quantitative estimate of drug-likeness (QED) is 0.602. The summed E-state index contributed by atoms with van der Waals surface area (Å²) in [5.41, 5.74) is 0.00581. The summed E-state index contributed by atoms with van der Waals surface area (Å²) in [6.07, 6.45) is 0. The third kappa shape index (κ3) is 4.43. The fourth-order valence-corrected chi connectivity index (χ4v) is 2.61. The number of nitrogens with one attached hydrogen (secondary N) is 2. The van der Waals surface area contributed by atoms with Crippen LogP contribution in [0.1, 0.15) is 10.4 Å². The normalized spacial score (nSPS) is 10.7. The van der Waals surface area contributed by atoms with Gasteiger partial charge in [-0.3, -0.25) is 19.6 Å². The molecule has 0 saturated carbocycles. The Morgan fingerprint density at radius 2 is 1.67 bits per heavy atom. The fraction of sp³-hybridized carbons (Fsp3) is 0.0714. The van der Waals surface area contributed by atoms with E-state index in [0.717, 1.165) is 24.3 Å². The van der Waals surface area contributed by atoms with Crippen molar-refractivity contribution in [3.8, 4) is 5.75 Å². The van der Waals surface area contributed by atoms with Crippen LogP contribution in [0.4, 0.5) is 11.4 Å². The molecule has 0 heterocycles. The number of nitrogens with zero attached hydrogens (tertiary/aromatic N) is 1. The molecule has 0 spiro atoms. The summed E-state index contributed by atoms with van der Waals surface area (Å²) < 4.78 is 32.8. The molecule has 2 rings (SSSR count). The van der Waals surface area contributed by atoms with Crippen molar-refractivity contribution in [1.29, 1.82) is 0 Å². The van der Waals surface area contributed by atoms with Gasteiger partial charge in [0, 0.05) is 17.7 Å². The van der Waals surface area contributed by atoms with E-state index >= 15 is 0 Å². The Hall–Kier alpha value is -3.14. The van der Waals surface area contributed by atoms with Gasteiger partial charge in [-0.05, 0) is 36.4 Å². The van der Waals surface area contributed by atoms with Crippen molar-refractivity contribution >= 4 is 27.5 Å². The van der Waals surface area contributed by atoms with Gasteiger partial charge in [-0.1, -0.05) is 0 Å². The number of rotatable bonds is 6. The molecule has 0 saturated heterocycles. The molecule has 10 heteroatoms. The molecule has 0 radical (unpaired) electrons. The topological polar surface area (TPSA) is 128 Å². The van der Waals surface area contributed by atoms with Gasteiger partial charge in [0.25, 0.3) is 11.6 Å². The second-order valence-electron chi connectivity index (χ2n) is 4.57. The van der Waals surface area contributed by atoms with Gasteiger partial charge < -0.3 is 4.74 Å². The molecular weight excluding hydrogens is 338 g/mol. The number of carbonyl (C=O) groups is 1. The Morgan fingerprint density at radius 1 is 1.08 bits per heavy atom. The number of hydrogen-bond donors (Lipinski definition) is 2. The van der Waals surface area contributed by atoms with E-state index in [1.165, 1.54) is 19.2 Å². The largest absolute Gasteiger partial charge is 0.497 e. The first kappa shape index (κ1) is 17.2. The number of nitro groups is 1. The summed E-state index contributed by atoms with van der Waals surface area (Å²) >= 11 is 0. The SMILES string of the molecule is COc1ccc(NS(=O)(=O)NC(=O)c2ccc([N+](=O)[O-])cc2)cc1. The van der Waals surface area contributed by atoms with Crippen molar-refractivity contribution in [2.45, 2.75) is 0 Å². The number of non-ortho nitro benzene ring substituents is 1. The average molecular weight is 351 g/mol. The third-order valence-corrected chi connectivity index (χ3v) is 3.87. The summed E-state index contributed by atoms with van der Waals surface area (Å²) in [5.74, 6) is -0.362. The Morgan fingerprint density at radius 3 is 2.17 bits per heavy atom. The van der Waals surface area contributed by atoms with Crippen molar-refractivity contribution in [2.75, 3.05) is 11.8 Å². The molecule has 24 heavy (non-hydrogen) atoms. The fourth-order valence-electron chi connectivity index (χ4n) is 1.76. The van der Waals surface area contributed by atoms with Crippen molar-refractivity contribution in [3.63, 3.8) is 0 Å². The van der Waals surface area contributed by atoms with Crippen LogP contribution in [0.2, 0.25) is 0 Å². The Bertz CT molecular complexity index is 847. The van der Waals surface area contributed by atoms with Crippen LogP contribution in [-0.2, 0) is 10.2 Å². The van der Waals surface area contributed by atoms with E-state index in [2.05, 4.69) is 4.72 Å². The first-order valence-corrected chi connectivity index (χ1v) is 8.02. The number of carbonyl (C=O) groups excluding carboxylic acids is 1. The molecule has 0 unspecified atom stereocenters. The zero-order valence-electron chi connectivity index (χ0n) is 12.4. The molecule has 126 valence electrons. The monoisotopic (exact) mass is 351 g/mol. The first-order chi connectivity index (χ1) is 11.3. The molecule has 0 aromatic heterocycles. The Kier molecular flexibility index (Phi) is 4.99. The minimum atomic E-state index is -4.15. The summed E-state index contributed by atoms with van der Waals surface area (Å²) in [4.78, 5) is 21.8. The zero-order valence-corrected chi connectivity index (χ0v) is 13.2. The highest BCUT2D eigenvalue weighted by Crippen LogP contribution is 2.16. The number of anilines is 1. The van der Waals surface area contributed by atoms with Crippen LogP contribution in [0, 0.1) is 10.1 Å². The second kappa shape index (κ2) is 6.96. The summed E-state index contributed by atoms with van der Waals surface area (Å²) in [7, 11) is -2.68. The summed E-state index contributed by atoms with van der Waals surface area (Å²) in [6.45, 7) is 0. The lowest BCUT2D eigenvalue weighted by Gasteiger charge is -2.10. The third-order valence-electron chi connectivity index (χ3n) is 2.91. The average Bonchev–Trinajstić information content (AvgIpc) is 2.54. The number of hydrogen-bond acceptors (Lipinski definition) is 6. The molecule has 9 nitrogen and oxygen atoms in total.